The van der Waals surface area contributed by atoms with Gasteiger partial charge in [-0.1, -0.05) is 6.07 Å². The summed E-state index contributed by atoms with van der Waals surface area (Å²) in [4.78, 5) is 24.6. The van der Waals surface area contributed by atoms with Gasteiger partial charge >= 0.3 is 12.3 Å². The molecule has 3 aromatic rings. The molecule has 1 aromatic carbocycles. The monoisotopic (exact) mass is 496 g/mol. The fraction of sp³-hybridized carbons (Fsp3) is 0.500. The first-order chi connectivity index (χ1) is 15.9. The number of nitrogens with zero attached hydrogens (tertiary/aromatic N) is 4. The molecule has 3 aliphatic rings. The van der Waals surface area contributed by atoms with E-state index in [-0.39, 0.29) is 40.9 Å². The highest BCUT2D eigenvalue weighted by atomic mass is 32.1. The van der Waals surface area contributed by atoms with Crippen molar-refractivity contribution in [3.8, 4) is 10.6 Å². The zero-order chi connectivity index (χ0) is 24.4. The number of piperazine rings is 1. The Hall–Kier alpha value is -2.86. The number of fused-ring (bicyclic) bond motifs is 3. The topological polar surface area (TPSA) is 91.9 Å². The zero-order valence-electron chi connectivity index (χ0n) is 18.7. The summed E-state index contributed by atoms with van der Waals surface area (Å²) < 4.78 is 51.4. The molecule has 5 heterocycles. The van der Waals surface area contributed by atoms with E-state index in [4.69, 9.17) is 9.15 Å². The van der Waals surface area contributed by atoms with Crippen molar-refractivity contribution in [2.75, 3.05) is 18.0 Å². The van der Waals surface area contributed by atoms with Gasteiger partial charge in [-0.3, -0.25) is 4.90 Å². The summed E-state index contributed by atoms with van der Waals surface area (Å²) in [7, 11) is 0. The van der Waals surface area contributed by atoms with Crippen molar-refractivity contribution in [2.45, 2.75) is 57.2 Å². The number of carbonyl (C=O) groups is 1. The molecule has 3 aliphatic heterocycles. The van der Waals surface area contributed by atoms with Crippen LogP contribution in [0.5, 0.6) is 0 Å². The van der Waals surface area contributed by atoms with Crippen LogP contribution in [-0.2, 0) is 4.74 Å². The van der Waals surface area contributed by atoms with Crippen LogP contribution in [0.3, 0.4) is 0 Å². The number of rotatable bonds is 3. The minimum absolute atomic E-state index is 0.0595. The predicted molar refractivity (Wildman–Crippen MR) is 119 cm³/mol. The summed E-state index contributed by atoms with van der Waals surface area (Å²) in [5, 5.41) is 12.3. The first-order valence-electron chi connectivity index (χ1n) is 10.8. The van der Waals surface area contributed by atoms with E-state index in [1.807, 2.05) is 4.90 Å². The number of hydrogen-bond acceptors (Lipinski definition) is 8. The third-order valence-electron chi connectivity index (χ3n) is 5.90. The second-order valence-electron chi connectivity index (χ2n) is 9.49. The Morgan fingerprint density at radius 1 is 1.26 bits per heavy atom. The van der Waals surface area contributed by atoms with Crippen molar-refractivity contribution in [1.29, 1.82) is 0 Å². The molecule has 1 amide bonds. The number of oxazole rings is 1. The number of alkyl halides is 3. The highest BCUT2D eigenvalue weighted by Crippen LogP contribution is 2.42. The molecule has 182 valence electrons. The van der Waals surface area contributed by atoms with Gasteiger partial charge in [0.2, 0.25) is 0 Å². The Kier molecular flexibility index (Phi) is 5.28. The maximum absolute atomic E-state index is 13.3. The summed E-state index contributed by atoms with van der Waals surface area (Å²) in [5.74, 6) is 0. The van der Waals surface area contributed by atoms with Gasteiger partial charge in [0.05, 0.1) is 17.6 Å². The van der Waals surface area contributed by atoms with E-state index in [1.54, 1.807) is 37.2 Å². The minimum Gasteiger partial charge on any atom is -0.444 e. The molecule has 3 fully saturated rings. The maximum Gasteiger partial charge on any atom is 0.418 e. The lowest BCUT2D eigenvalue weighted by Gasteiger charge is -2.55. The van der Waals surface area contributed by atoms with E-state index in [0.29, 0.717) is 23.7 Å². The van der Waals surface area contributed by atoms with E-state index in [2.05, 4.69) is 9.97 Å². The molecule has 34 heavy (non-hydrogen) atoms. The molecule has 2 aromatic heterocycles. The minimum atomic E-state index is -4.85. The van der Waals surface area contributed by atoms with Crippen molar-refractivity contribution in [3.63, 3.8) is 0 Å². The SMILES string of the molecule is CC(C)(C)OC(=O)N1C2CC1CN(c1nc3c(C(O)C(F)(F)F)ccc(-c4nccs4)c3o1)C2. The number of hydrogen-bond donors (Lipinski definition) is 1. The molecule has 8 nitrogen and oxygen atoms in total. The van der Waals surface area contributed by atoms with E-state index in [1.165, 1.54) is 23.5 Å². The Balaban J connectivity index is 1.47. The van der Waals surface area contributed by atoms with Crippen molar-refractivity contribution >= 4 is 34.5 Å². The molecule has 0 radical (unpaired) electrons. The van der Waals surface area contributed by atoms with Gasteiger partial charge in [-0.05, 0) is 33.3 Å². The Morgan fingerprint density at radius 3 is 2.56 bits per heavy atom. The van der Waals surface area contributed by atoms with Crippen LogP contribution in [0.4, 0.5) is 24.0 Å². The summed E-state index contributed by atoms with van der Waals surface area (Å²) >= 11 is 1.32. The van der Waals surface area contributed by atoms with Gasteiger partial charge in [-0.25, -0.2) is 9.78 Å². The first kappa shape index (κ1) is 22.9. The van der Waals surface area contributed by atoms with Crippen molar-refractivity contribution in [3.05, 3.63) is 29.3 Å². The summed E-state index contributed by atoms with van der Waals surface area (Å²) in [6, 6.07) is 2.59. The van der Waals surface area contributed by atoms with Crippen LogP contribution in [0, 0.1) is 0 Å². The number of thiazole rings is 1. The van der Waals surface area contributed by atoms with Gasteiger partial charge in [0, 0.05) is 30.2 Å². The standard InChI is InChI=1S/C22H23F3N4O4S/c1-21(2,3)33-20(31)29-11-8-12(29)10-28(9-11)19-27-15-13(17(30)22(23,24)25)4-5-14(16(15)32-19)18-26-6-7-34-18/h4-7,11-12,17,30H,8-10H2,1-3H3. The van der Waals surface area contributed by atoms with Gasteiger partial charge in [0.25, 0.3) is 6.01 Å². The van der Waals surface area contributed by atoms with Gasteiger partial charge in [0.1, 0.15) is 16.1 Å². The van der Waals surface area contributed by atoms with Crippen LogP contribution in [0.1, 0.15) is 38.9 Å². The lowest BCUT2D eigenvalue weighted by molar-refractivity contribution is -0.206. The van der Waals surface area contributed by atoms with Crippen molar-refractivity contribution in [2.24, 2.45) is 0 Å². The van der Waals surface area contributed by atoms with E-state index < -0.39 is 17.9 Å². The lowest BCUT2D eigenvalue weighted by atomic mass is 9.88. The van der Waals surface area contributed by atoms with Crippen LogP contribution in [0.25, 0.3) is 21.7 Å². The number of carbonyl (C=O) groups excluding carboxylic acids is 1. The lowest BCUT2D eigenvalue weighted by Crippen LogP contribution is -2.70. The zero-order valence-corrected chi connectivity index (χ0v) is 19.5. The fourth-order valence-corrected chi connectivity index (χ4v) is 5.11. The smallest absolute Gasteiger partial charge is 0.418 e. The fourth-order valence-electron chi connectivity index (χ4n) is 4.45. The van der Waals surface area contributed by atoms with Gasteiger partial charge in [-0.2, -0.15) is 18.2 Å². The highest BCUT2D eigenvalue weighted by molar-refractivity contribution is 7.13. The Morgan fingerprint density at radius 2 is 1.97 bits per heavy atom. The molecule has 3 atom stereocenters. The predicted octanol–water partition coefficient (Wildman–Crippen LogP) is 4.75. The van der Waals surface area contributed by atoms with Crippen molar-refractivity contribution < 1.29 is 32.2 Å². The summed E-state index contributed by atoms with van der Waals surface area (Å²) in [6.07, 6.45) is -5.54. The molecule has 0 saturated carbocycles. The number of ether oxygens (including phenoxy) is 1. The average molecular weight is 497 g/mol. The molecular weight excluding hydrogens is 473 g/mol. The number of aliphatic hydroxyl groups excluding tert-OH is 1. The van der Waals surface area contributed by atoms with Crippen LogP contribution < -0.4 is 4.90 Å². The second-order valence-corrected chi connectivity index (χ2v) is 10.4. The van der Waals surface area contributed by atoms with Crippen LogP contribution in [0.15, 0.2) is 28.1 Å². The van der Waals surface area contributed by atoms with Gasteiger partial charge in [-0.15, -0.1) is 11.3 Å². The number of aliphatic hydroxyl groups is 1. The van der Waals surface area contributed by atoms with Gasteiger partial charge < -0.3 is 19.2 Å². The highest BCUT2D eigenvalue weighted by Gasteiger charge is 2.50. The number of aromatic nitrogens is 2. The first-order valence-corrected chi connectivity index (χ1v) is 11.6. The molecule has 3 saturated heterocycles. The molecule has 1 N–H and O–H groups in total. The molecule has 2 bridgehead atoms. The molecular formula is C22H23F3N4O4S. The van der Waals surface area contributed by atoms with Crippen LogP contribution in [0.2, 0.25) is 0 Å². The van der Waals surface area contributed by atoms with E-state index >= 15 is 0 Å². The van der Waals surface area contributed by atoms with Crippen molar-refractivity contribution in [1.82, 2.24) is 14.9 Å². The molecule has 12 heteroatoms. The maximum atomic E-state index is 13.3. The average Bonchev–Trinajstić information content (AvgIpc) is 3.40. The molecule has 6 rings (SSSR count). The number of amides is 1. The normalized spacial score (nSPS) is 21.5. The van der Waals surface area contributed by atoms with Crippen LogP contribution in [-0.4, -0.2) is 63.0 Å². The number of piperidine rings is 1. The van der Waals surface area contributed by atoms with E-state index in [9.17, 15) is 23.1 Å². The molecule has 0 aliphatic carbocycles. The number of anilines is 1. The van der Waals surface area contributed by atoms with E-state index in [0.717, 1.165) is 6.42 Å². The summed E-state index contributed by atoms with van der Waals surface area (Å²) in [6.45, 7) is 6.23. The second kappa shape index (κ2) is 7.84. The Labute approximate surface area is 196 Å². The third-order valence-corrected chi connectivity index (χ3v) is 6.71. The quantitative estimate of drug-likeness (QED) is 0.560. The summed E-state index contributed by atoms with van der Waals surface area (Å²) in [5.41, 5.74) is -0.414. The molecule has 3 unspecified atom stereocenters. The number of benzene rings is 1. The molecule has 0 spiro atoms. The Bertz CT molecular complexity index is 1210. The largest absolute Gasteiger partial charge is 0.444 e. The van der Waals surface area contributed by atoms with Crippen LogP contribution >= 0.6 is 11.3 Å². The van der Waals surface area contributed by atoms with Gasteiger partial charge in [0.15, 0.2) is 11.7 Å². The number of halogens is 3. The third kappa shape index (κ3) is 3.98.